The second-order valence-electron chi connectivity index (χ2n) is 6.81. The molecule has 3 nitrogen and oxygen atoms in total. The maximum atomic E-state index is 12.9. The highest BCUT2D eigenvalue weighted by atomic mass is 32.2. The highest BCUT2D eigenvalue weighted by Gasteiger charge is 2.32. The Kier molecular flexibility index (Phi) is 5.79. The zero-order chi connectivity index (χ0) is 20.2. The van der Waals surface area contributed by atoms with Crippen molar-refractivity contribution in [2.45, 2.75) is 13.0 Å². The maximum absolute atomic E-state index is 12.9. The Morgan fingerprint density at radius 1 is 0.897 bits per heavy atom. The van der Waals surface area contributed by atoms with E-state index in [4.69, 9.17) is 12.2 Å². The third-order valence-corrected chi connectivity index (χ3v) is 6.06. The lowest BCUT2D eigenvalue weighted by atomic mass is 10.0. The SMILES string of the molecule is O=C1/C(=C/c2cc(Cc3ccccc3)ccc2O)SC(=S)N1Cc1ccccc1. The molecule has 0 radical (unpaired) electrons. The topological polar surface area (TPSA) is 40.5 Å². The number of hydrogen-bond acceptors (Lipinski definition) is 4. The van der Waals surface area contributed by atoms with E-state index in [0.717, 1.165) is 17.5 Å². The molecule has 1 aliphatic heterocycles. The van der Waals surface area contributed by atoms with Crippen LogP contribution in [0.5, 0.6) is 5.75 Å². The molecule has 0 saturated carbocycles. The number of hydrogen-bond donors (Lipinski definition) is 1. The summed E-state index contributed by atoms with van der Waals surface area (Å²) in [6.45, 7) is 0.447. The lowest BCUT2D eigenvalue weighted by molar-refractivity contribution is -0.122. The van der Waals surface area contributed by atoms with E-state index in [0.29, 0.717) is 21.3 Å². The van der Waals surface area contributed by atoms with Gasteiger partial charge in [0.1, 0.15) is 10.1 Å². The summed E-state index contributed by atoms with van der Waals surface area (Å²) in [4.78, 5) is 15.0. The summed E-state index contributed by atoms with van der Waals surface area (Å²) in [5.41, 5.74) is 3.91. The lowest BCUT2D eigenvalue weighted by Gasteiger charge is -2.14. The van der Waals surface area contributed by atoms with Crippen LogP contribution in [0.25, 0.3) is 6.08 Å². The van der Waals surface area contributed by atoms with Gasteiger partial charge in [0.15, 0.2) is 0 Å². The number of aromatic hydroxyl groups is 1. The smallest absolute Gasteiger partial charge is 0.266 e. The van der Waals surface area contributed by atoms with Crippen molar-refractivity contribution < 1.29 is 9.90 Å². The summed E-state index contributed by atoms with van der Waals surface area (Å²) in [5, 5.41) is 10.3. The van der Waals surface area contributed by atoms with Crippen LogP contribution in [0.1, 0.15) is 22.3 Å². The van der Waals surface area contributed by atoms with Gasteiger partial charge in [0, 0.05) is 5.56 Å². The van der Waals surface area contributed by atoms with Crippen LogP contribution < -0.4 is 0 Å². The molecule has 3 aromatic rings. The summed E-state index contributed by atoms with van der Waals surface area (Å²) in [7, 11) is 0. The first kappa shape index (κ1) is 19.4. The average molecular weight is 418 g/mol. The van der Waals surface area contributed by atoms with Crippen LogP contribution >= 0.6 is 24.0 Å². The summed E-state index contributed by atoms with van der Waals surface area (Å²) < 4.78 is 0.532. The van der Waals surface area contributed by atoms with E-state index in [9.17, 15) is 9.90 Å². The first-order valence-electron chi connectivity index (χ1n) is 9.25. The van der Waals surface area contributed by atoms with Crippen molar-refractivity contribution in [3.8, 4) is 5.75 Å². The largest absolute Gasteiger partial charge is 0.507 e. The molecule has 1 amide bonds. The quantitative estimate of drug-likeness (QED) is 0.447. The summed E-state index contributed by atoms with van der Waals surface area (Å²) in [6.07, 6.45) is 2.49. The molecule has 0 aliphatic carbocycles. The highest BCUT2D eigenvalue weighted by Crippen LogP contribution is 2.35. The first-order chi connectivity index (χ1) is 14.1. The van der Waals surface area contributed by atoms with Gasteiger partial charge in [-0.15, -0.1) is 0 Å². The molecule has 0 unspecified atom stereocenters. The number of nitrogens with zero attached hydrogens (tertiary/aromatic N) is 1. The van der Waals surface area contributed by atoms with Gasteiger partial charge in [-0.25, -0.2) is 0 Å². The molecule has 0 aromatic heterocycles. The number of phenolic OH excluding ortho intramolecular Hbond substituents is 1. The zero-order valence-corrected chi connectivity index (χ0v) is 17.2. The van der Waals surface area contributed by atoms with Gasteiger partial charge in [0.25, 0.3) is 5.91 Å². The van der Waals surface area contributed by atoms with E-state index in [2.05, 4.69) is 12.1 Å². The Balaban J connectivity index is 1.56. The Hall–Kier alpha value is -2.89. The van der Waals surface area contributed by atoms with Gasteiger partial charge < -0.3 is 5.11 Å². The predicted molar refractivity (Wildman–Crippen MR) is 123 cm³/mol. The molecule has 3 aromatic carbocycles. The van der Waals surface area contributed by atoms with Gasteiger partial charge >= 0.3 is 0 Å². The van der Waals surface area contributed by atoms with E-state index in [1.54, 1.807) is 17.0 Å². The minimum Gasteiger partial charge on any atom is -0.507 e. The monoisotopic (exact) mass is 417 g/mol. The normalized spacial score (nSPS) is 15.3. The minimum atomic E-state index is -0.128. The fourth-order valence-electron chi connectivity index (χ4n) is 3.20. The van der Waals surface area contributed by atoms with Gasteiger partial charge in [-0.3, -0.25) is 9.69 Å². The van der Waals surface area contributed by atoms with Crippen molar-refractivity contribution in [1.82, 2.24) is 4.90 Å². The third kappa shape index (κ3) is 4.58. The van der Waals surface area contributed by atoms with Crippen molar-refractivity contribution in [2.75, 3.05) is 0 Å². The van der Waals surface area contributed by atoms with Gasteiger partial charge in [0.2, 0.25) is 0 Å². The standard InChI is InChI=1S/C24H19NO2S2/c26-21-12-11-19(13-17-7-3-1-4-8-17)14-20(21)15-22-23(27)25(24(28)29-22)16-18-9-5-2-6-10-18/h1-12,14-15,26H,13,16H2/b22-15-. The van der Waals surface area contributed by atoms with Gasteiger partial charge in [-0.05, 0) is 41.3 Å². The molecule has 1 fully saturated rings. The first-order valence-corrected chi connectivity index (χ1v) is 10.5. The number of thiocarbonyl (C=S) groups is 1. The van der Waals surface area contributed by atoms with Crippen molar-refractivity contribution in [1.29, 1.82) is 0 Å². The number of phenols is 1. The molecule has 0 atom stereocenters. The lowest BCUT2D eigenvalue weighted by Crippen LogP contribution is -2.27. The number of benzene rings is 3. The summed E-state index contributed by atoms with van der Waals surface area (Å²) in [5.74, 6) is 0.0202. The Labute approximate surface area is 179 Å². The second-order valence-corrected chi connectivity index (χ2v) is 8.48. The van der Waals surface area contributed by atoms with Gasteiger partial charge in [0.05, 0.1) is 11.4 Å². The van der Waals surface area contributed by atoms with E-state index in [1.807, 2.05) is 60.7 Å². The highest BCUT2D eigenvalue weighted by molar-refractivity contribution is 8.26. The minimum absolute atomic E-state index is 0.128. The molecule has 5 heteroatoms. The molecule has 1 N–H and O–H groups in total. The van der Waals surface area contributed by atoms with Crippen molar-refractivity contribution in [2.24, 2.45) is 0 Å². The van der Waals surface area contributed by atoms with Crippen LogP contribution in [0.4, 0.5) is 0 Å². The molecule has 29 heavy (non-hydrogen) atoms. The molecule has 4 rings (SSSR count). The number of carbonyl (C=O) groups is 1. The zero-order valence-electron chi connectivity index (χ0n) is 15.6. The second kappa shape index (κ2) is 8.64. The van der Waals surface area contributed by atoms with E-state index >= 15 is 0 Å². The van der Waals surface area contributed by atoms with Crippen molar-refractivity contribution in [3.05, 3.63) is 106 Å². The molecular weight excluding hydrogens is 398 g/mol. The maximum Gasteiger partial charge on any atom is 0.266 e. The fraction of sp³-hybridized carbons (Fsp3) is 0.0833. The Bertz CT molecular complexity index is 1080. The van der Waals surface area contributed by atoms with Crippen LogP contribution in [0.15, 0.2) is 83.8 Å². The van der Waals surface area contributed by atoms with E-state index in [1.165, 1.54) is 17.3 Å². The van der Waals surface area contributed by atoms with Crippen molar-refractivity contribution >= 4 is 40.3 Å². The molecule has 144 valence electrons. The molecule has 1 heterocycles. The average Bonchev–Trinajstić information content (AvgIpc) is 2.99. The number of rotatable bonds is 5. The van der Waals surface area contributed by atoms with Gasteiger partial charge in [-0.2, -0.15) is 0 Å². The van der Waals surface area contributed by atoms with Crippen LogP contribution in [-0.4, -0.2) is 20.2 Å². The summed E-state index contributed by atoms with van der Waals surface area (Å²) in [6, 6.07) is 25.4. The molecule has 0 spiro atoms. The number of carbonyl (C=O) groups excluding carboxylic acids is 1. The van der Waals surface area contributed by atoms with Crippen LogP contribution in [-0.2, 0) is 17.8 Å². The molecule has 1 saturated heterocycles. The van der Waals surface area contributed by atoms with E-state index in [-0.39, 0.29) is 11.7 Å². The number of amides is 1. The third-order valence-electron chi connectivity index (χ3n) is 4.69. The Morgan fingerprint density at radius 2 is 1.55 bits per heavy atom. The number of thioether (sulfide) groups is 1. The van der Waals surface area contributed by atoms with Crippen LogP contribution in [0, 0.1) is 0 Å². The molecule has 1 aliphatic rings. The molecular formula is C24H19NO2S2. The van der Waals surface area contributed by atoms with Crippen molar-refractivity contribution in [3.63, 3.8) is 0 Å². The van der Waals surface area contributed by atoms with Crippen LogP contribution in [0.3, 0.4) is 0 Å². The molecule has 0 bridgehead atoms. The Morgan fingerprint density at radius 3 is 2.24 bits per heavy atom. The van der Waals surface area contributed by atoms with E-state index < -0.39 is 0 Å². The fourth-order valence-corrected chi connectivity index (χ4v) is 4.45. The predicted octanol–water partition coefficient (Wildman–Crippen LogP) is 5.38. The van der Waals surface area contributed by atoms with Crippen LogP contribution in [0.2, 0.25) is 0 Å². The summed E-state index contributed by atoms with van der Waals surface area (Å²) >= 11 is 6.69. The van der Waals surface area contributed by atoms with Gasteiger partial charge in [-0.1, -0.05) is 90.7 Å².